The number of hydrogen-bond donors (Lipinski definition) is 2. The molecule has 0 unspecified atom stereocenters. The van der Waals surface area contributed by atoms with Crippen LogP contribution in [0.15, 0.2) is 42.5 Å². The lowest BCUT2D eigenvalue weighted by molar-refractivity contribution is -0.143. The molecule has 0 heterocycles. The van der Waals surface area contributed by atoms with Crippen LogP contribution >= 0.6 is 0 Å². The Morgan fingerprint density at radius 3 is 1.94 bits per heavy atom. The number of hydrogen-bond acceptors (Lipinski definition) is 3. The number of benzene rings is 2. The number of alkyl halides is 6. The van der Waals surface area contributed by atoms with Crippen LogP contribution in [0.1, 0.15) is 28.3 Å². The molecule has 0 saturated heterocycles. The van der Waals surface area contributed by atoms with Gasteiger partial charge in [0.2, 0.25) is 5.91 Å². The molecule has 176 valence electrons. The highest BCUT2D eigenvalue weighted by Crippen LogP contribution is 2.36. The van der Waals surface area contributed by atoms with E-state index in [2.05, 4.69) is 10.6 Å². The lowest BCUT2D eigenvalue weighted by atomic mass is 10.0. The molecule has 1 atom stereocenters. The Bertz CT molecular complexity index is 877. The largest absolute Gasteiger partial charge is 0.416 e. The van der Waals surface area contributed by atoms with Crippen LogP contribution in [0.2, 0.25) is 0 Å². The summed E-state index contributed by atoms with van der Waals surface area (Å²) in [6.07, 6.45) is -9.96. The molecule has 4 nitrogen and oxygen atoms in total. The predicted molar refractivity (Wildman–Crippen MR) is 104 cm³/mol. The average molecular weight is 465 g/mol. The van der Waals surface area contributed by atoms with Crippen LogP contribution in [0.25, 0.3) is 0 Å². The second kappa shape index (κ2) is 10.3. The van der Waals surface area contributed by atoms with E-state index in [4.69, 9.17) is 0 Å². The third kappa shape index (κ3) is 7.49. The molecular weight excluding hydrogens is 443 g/mol. The fraction of sp³-hybridized carbons (Fsp3) is 0.381. The average Bonchev–Trinajstić information content (AvgIpc) is 2.68. The van der Waals surface area contributed by atoms with Crippen LogP contribution < -0.4 is 10.6 Å². The van der Waals surface area contributed by atoms with Crippen LogP contribution in [0, 0.1) is 5.82 Å². The van der Waals surface area contributed by atoms with E-state index in [1.54, 1.807) is 14.1 Å². The van der Waals surface area contributed by atoms with Gasteiger partial charge in [-0.2, -0.15) is 26.3 Å². The maximum atomic E-state index is 13.2. The normalized spacial score (nSPS) is 13.3. The van der Waals surface area contributed by atoms with E-state index < -0.39 is 47.8 Å². The first-order valence-electron chi connectivity index (χ1n) is 9.47. The minimum atomic E-state index is -4.98. The quantitative estimate of drug-likeness (QED) is 0.570. The first-order chi connectivity index (χ1) is 14.8. The van der Waals surface area contributed by atoms with Gasteiger partial charge in [-0.1, -0.05) is 12.1 Å². The van der Waals surface area contributed by atoms with Crippen LogP contribution in [-0.4, -0.2) is 38.0 Å². The fourth-order valence-electron chi connectivity index (χ4n) is 2.86. The number of carbonyl (C=O) groups excluding carboxylic acids is 1. The van der Waals surface area contributed by atoms with E-state index in [0.29, 0.717) is 30.8 Å². The zero-order chi connectivity index (χ0) is 24.1. The summed E-state index contributed by atoms with van der Waals surface area (Å²) in [6.45, 7) is 0.344. The van der Waals surface area contributed by atoms with E-state index in [1.165, 1.54) is 12.1 Å². The molecule has 0 aromatic heterocycles. The summed E-state index contributed by atoms with van der Waals surface area (Å²) in [6, 6.07) is 5.18. The maximum Gasteiger partial charge on any atom is 0.416 e. The number of carbonyl (C=O) groups is 1. The van der Waals surface area contributed by atoms with Gasteiger partial charge in [-0.3, -0.25) is 4.79 Å². The van der Waals surface area contributed by atoms with Crippen LogP contribution in [0.3, 0.4) is 0 Å². The number of amides is 1. The summed E-state index contributed by atoms with van der Waals surface area (Å²) in [4.78, 5) is 14.6. The van der Waals surface area contributed by atoms with Gasteiger partial charge in [0.05, 0.1) is 11.1 Å². The molecule has 0 saturated carbocycles. The zero-order valence-corrected chi connectivity index (χ0v) is 17.2. The fourth-order valence-corrected chi connectivity index (χ4v) is 2.86. The van der Waals surface area contributed by atoms with Gasteiger partial charge < -0.3 is 15.5 Å². The van der Waals surface area contributed by atoms with Crippen LogP contribution in [0.4, 0.5) is 30.7 Å². The highest BCUT2D eigenvalue weighted by molar-refractivity contribution is 5.83. The molecule has 0 radical (unpaired) electrons. The second-order valence-corrected chi connectivity index (χ2v) is 7.37. The van der Waals surface area contributed by atoms with E-state index in [-0.39, 0.29) is 11.6 Å². The van der Waals surface area contributed by atoms with Gasteiger partial charge in [-0.25, -0.2) is 4.39 Å². The van der Waals surface area contributed by atoms with Crippen molar-refractivity contribution in [1.82, 2.24) is 15.5 Å². The third-order valence-corrected chi connectivity index (χ3v) is 4.49. The molecule has 0 spiro atoms. The van der Waals surface area contributed by atoms with Crippen molar-refractivity contribution in [1.29, 1.82) is 0 Å². The standard InChI is InChI=1S/C21H22F7N3O/c1-31(2)8-7-29-18(14-3-5-17(22)6-4-14)19(32)30-12-13-9-15(20(23,24)25)11-16(10-13)21(26,27)28/h3-6,9-11,18,29H,7-8,12H2,1-2H3,(H,30,32)/t18-/m0/s1. The number of nitrogens with zero attached hydrogens (tertiary/aromatic N) is 1. The molecule has 32 heavy (non-hydrogen) atoms. The number of likely N-dealkylation sites (N-methyl/N-ethyl adjacent to an activating group) is 1. The molecule has 11 heteroatoms. The molecule has 2 aromatic carbocycles. The van der Waals surface area contributed by atoms with Crippen molar-refractivity contribution >= 4 is 5.91 Å². The van der Waals surface area contributed by atoms with Crippen molar-refractivity contribution in [3.8, 4) is 0 Å². The summed E-state index contributed by atoms with van der Waals surface area (Å²) in [5.41, 5.74) is -2.89. The molecule has 0 fully saturated rings. The first-order valence-corrected chi connectivity index (χ1v) is 9.47. The van der Waals surface area contributed by atoms with Gasteiger partial charge in [0.25, 0.3) is 0 Å². The number of halogens is 7. The molecule has 2 rings (SSSR count). The zero-order valence-electron chi connectivity index (χ0n) is 17.2. The molecule has 0 aliphatic carbocycles. The van der Waals surface area contributed by atoms with Gasteiger partial charge in [-0.15, -0.1) is 0 Å². The Kier molecular flexibility index (Phi) is 8.24. The molecule has 0 aliphatic rings. The second-order valence-electron chi connectivity index (χ2n) is 7.37. The SMILES string of the molecule is CN(C)CCN[C@H](C(=O)NCc1cc(C(F)(F)F)cc(C(F)(F)F)c1)c1ccc(F)cc1. The maximum absolute atomic E-state index is 13.2. The summed E-state index contributed by atoms with van der Waals surface area (Å²) in [5, 5.41) is 5.32. The van der Waals surface area contributed by atoms with Gasteiger partial charge in [-0.05, 0) is 55.6 Å². The van der Waals surface area contributed by atoms with E-state index in [1.807, 2.05) is 4.90 Å². The Morgan fingerprint density at radius 1 is 0.938 bits per heavy atom. The predicted octanol–water partition coefficient (Wildman–Crippen LogP) is 4.37. The van der Waals surface area contributed by atoms with E-state index >= 15 is 0 Å². The first kappa shape index (κ1) is 25.6. The monoisotopic (exact) mass is 465 g/mol. The smallest absolute Gasteiger partial charge is 0.350 e. The topological polar surface area (TPSA) is 44.4 Å². The van der Waals surface area contributed by atoms with Crippen molar-refractivity contribution in [2.75, 3.05) is 27.2 Å². The van der Waals surface area contributed by atoms with Gasteiger partial charge in [0, 0.05) is 19.6 Å². The Labute approximate surface area is 180 Å². The highest BCUT2D eigenvalue weighted by atomic mass is 19.4. The van der Waals surface area contributed by atoms with E-state index in [9.17, 15) is 35.5 Å². The number of nitrogens with one attached hydrogen (secondary N) is 2. The van der Waals surface area contributed by atoms with Crippen molar-refractivity contribution in [2.45, 2.75) is 24.9 Å². The molecule has 0 aliphatic heterocycles. The Balaban J connectivity index is 2.23. The molecule has 2 N–H and O–H groups in total. The minimum Gasteiger partial charge on any atom is -0.350 e. The summed E-state index contributed by atoms with van der Waals surface area (Å²) in [7, 11) is 3.61. The van der Waals surface area contributed by atoms with Crippen molar-refractivity contribution in [3.63, 3.8) is 0 Å². The minimum absolute atomic E-state index is 0.0233. The summed E-state index contributed by atoms with van der Waals surface area (Å²) >= 11 is 0. The van der Waals surface area contributed by atoms with Gasteiger partial charge >= 0.3 is 12.4 Å². The molecule has 0 bridgehead atoms. The van der Waals surface area contributed by atoms with Crippen molar-refractivity contribution in [3.05, 3.63) is 70.5 Å². The Morgan fingerprint density at radius 2 is 1.47 bits per heavy atom. The number of rotatable bonds is 8. The van der Waals surface area contributed by atoms with Crippen molar-refractivity contribution < 1.29 is 35.5 Å². The van der Waals surface area contributed by atoms with Crippen LogP contribution in [-0.2, 0) is 23.7 Å². The lowest BCUT2D eigenvalue weighted by Crippen LogP contribution is -2.39. The molecule has 1 amide bonds. The van der Waals surface area contributed by atoms with Gasteiger partial charge in [0.1, 0.15) is 11.9 Å². The molecular formula is C21H22F7N3O. The summed E-state index contributed by atoms with van der Waals surface area (Å²) in [5.74, 6) is -1.20. The van der Waals surface area contributed by atoms with Gasteiger partial charge in [0.15, 0.2) is 0 Å². The Hall–Kier alpha value is -2.66. The lowest BCUT2D eigenvalue weighted by Gasteiger charge is -2.21. The van der Waals surface area contributed by atoms with Crippen LogP contribution in [0.5, 0.6) is 0 Å². The van der Waals surface area contributed by atoms with E-state index in [0.717, 1.165) is 12.1 Å². The highest BCUT2D eigenvalue weighted by Gasteiger charge is 2.37. The molecule has 2 aromatic rings. The summed E-state index contributed by atoms with van der Waals surface area (Å²) < 4.78 is 91.4. The third-order valence-electron chi connectivity index (χ3n) is 4.49. The van der Waals surface area contributed by atoms with Crippen molar-refractivity contribution in [2.24, 2.45) is 0 Å².